The molecule has 64 valence electrons. The van der Waals surface area contributed by atoms with Gasteiger partial charge in [-0.3, -0.25) is 0 Å². The lowest BCUT2D eigenvalue weighted by atomic mass is 9.97. The molecule has 0 saturated carbocycles. The summed E-state index contributed by atoms with van der Waals surface area (Å²) < 4.78 is 0. The van der Waals surface area contributed by atoms with E-state index in [1.165, 1.54) is 0 Å². The van der Waals surface area contributed by atoms with Crippen molar-refractivity contribution in [2.24, 2.45) is 5.92 Å². The van der Waals surface area contributed by atoms with Crippen molar-refractivity contribution in [1.29, 1.82) is 0 Å². The molecule has 0 radical (unpaired) electrons. The van der Waals surface area contributed by atoms with E-state index in [0.29, 0.717) is 12.0 Å². The van der Waals surface area contributed by atoms with Crippen LogP contribution < -0.4 is 5.32 Å². The van der Waals surface area contributed by atoms with E-state index >= 15 is 0 Å². The van der Waals surface area contributed by atoms with Crippen molar-refractivity contribution < 1.29 is 0 Å². The second-order valence-electron chi connectivity index (χ2n) is 2.77. The Labute approximate surface area is 70.2 Å². The first-order valence-corrected chi connectivity index (χ1v) is 4.20. The highest BCUT2D eigenvalue weighted by Gasteiger charge is 2.06. The van der Waals surface area contributed by atoms with Gasteiger partial charge in [0.05, 0.1) is 0 Å². The predicted octanol–water partition coefficient (Wildman–Crippen LogP) is 2.36. The summed E-state index contributed by atoms with van der Waals surface area (Å²) in [5.74, 6) is 0.616. The highest BCUT2D eigenvalue weighted by molar-refractivity contribution is 4.90. The summed E-state index contributed by atoms with van der Waals surface area (Å²) >= 11 is 0. The summed E-state index contributed by atoms with van der Waals surface area (Å²) in [6.07, 6.45) is 6.25. The molecular weight excluding hydrogens is 134 g/mol. The van der Waals surface area contributed by atoms with Crippen molar-refractivity contribution in [3.63, 3.8) is 0 Å². The van der Waals surface area contributed by atoms with Gasteiger partial charge in [0.2, 0.25) is 0 Å². The van der Waals surface area contributed by atoms with Crippen LogP contribution in [0, 0.1) is 5.92 Å². The maximum absolute atomic E-state index is 3.79. The third-order valence-electron chi connectivity index (χ3n) is 2.07. The average molecular weight is 153 g/mol. The molecule has 0 fully saturated rings. The van der Waals surface area contributed by atoms with E-state index < -0.39 is 0 Å². The van der Waals surface area contributed by atoms with Gasteiger partial charge in [0, 0.05) is 6.04 Å². The number of allylic oxidation sites excluding steroid dienone is 1. The van der Waals surface area contributed by atoms with Crippen molar-refractivity contribution >= 4 is 0 Å². The zero-order valence-electron chi connectivity index (χ0n) is 7.64. The standard InChI is InChI=1S/C10H19N/c1-5-9(6-2)8-10(7-3)11-4/h5,7,9-11H,1,3,6,8H2,2,4H3. The molecule has 1 N–H and O–H groups in total. The second-order valence-corrected chi connectivity index (χ2v) is 2.77. The lowest BCUT2D eigenvalue weighted by Crippen LogP contribution is -2.24. The van der Waals surface area contributed by atoms with Crippen molar-refractivity contribution in [2.45, 2.75) is 25.8 Å². The fraction of sp³-hybridized carbons (Fsp3) is 0.600. The maximum atomic E-state index is 3.79. The van der Waals surface area contributed by atoms with Crippen LogP contribution in [0.4, 0.5) is 0 Å². The molecular formula is C10H19N. The van der Waals surface area contributed by atoms with Crippen molar-refractivity contribution in [2.75, 3.05) is 7.05 Å². The Bertz CT molecular complexity index is 104. The van der Waals surface area contributed by atoms with Crippen molar-refractivity contribution in [1.82, 2.24) is 5.32 Å². The first-order chi connectivity index (χ1) is 5.28. The largest absolute Gasteiger partial charge is 0.314 e. The van der Waals surface area contributed by atoms with Gasteiger partial charge >= 0.3 is 0 Å². The summed E-state index contributed by atoms with van der Waals surface area (Å²) in [7, 11) is 1.96. The third-order valence-corrected chi connectivity index (χ3v) is 2.07. The fourth-order valence-electron chi connectivity index (χ4n) is 1.09. The molecule has 11 heavy (non-hydrogen) atoms. The molecule has 0 aromatic rings. The average Bonchev–Trinajstić information content (AvgIpc) is 2.07. The Morgan fingerprint density at radius 2 is 2.00 bits per heavy atom. The van der Waals surface area contributed by atoms with Gasteiger partial charge in [-0.1, -0.05) is 19.1 Å². The van der Waals surface area contributed by atoms with E-state index in [9.17, 15) is 0 Å². The topological polar surface area (TPSA) is 12.0 Å². The molecule has 0 spiro atoms. The quantitative estimate of drug-likeness (QED) is 0.578. The Kier molecular flexibility index (Phi) is 5.86. The van der Waals surface area contributed by atoms with E-state index in [1.54, 1.807) is 0 Å². The summed E-state index contributed by atoms with van der Waals surface area (Å²) in [6.45, 7) is 9.73. The van der Waals surface area contributed by atoms with Gasteiger partial charge in [0.1, 0.15) is 0 Å². The summed E-state index contributed by atoms with van der Waals surface area (Å²) in [5, 5.41) is 3.18. The number of nitrogens with one attached hydrogen (secondary N) is 1. The van der Waals surface area contributed by atoms with E-state index in [4.69, 9.17) is 0 Å². The van der Waals surface area contributed by atoms with Crippen LogP contribution in [0.1, 0.15) is 19.8 Å². The number of hydrogen-bond acceptors (Lipinski definition) is 1. The van der Waals surface area contributed by atoms with Gasteiger partial charge in [-0.05, 0) is 25.8 Å². The minimum atomic E-state index is 0.429. The molecule has 0 amide bonds. The molecule has 0 aliphatic carbocycles. The maximum Gasteiger partial charge on any atom is 0.0250 e. The zero-order valence-corrected chi connectivity index (χ0v) is 7.64. The van der Waals surface area contributed by atoms with Crippen LogP contribution >= 0.6 is 0 Å². The first-order valence-electron chi connectivity index (χ1n) is 4.20. The molecule has 2 unspecified atom stereocenters. The van der Waals surface area contributed by atoms with E-state index in [1.807, 2.05) is 19.2 Å². The monoisotopic (exact) mass is 153 g/mol. The van der Waals surface area contributed by atoms with Gasteiger partial charge < -0.3 is 5.32 Å². The number of likely N-dealkylation sites (N-methyl/N-ethyl adjacent to an activating group) is 1. The van der Waals surface area contributed by atoms with Crippen LogP contribution in [0.15, 0.2) is 25.3 Å². The molecule has 0 bridgehead atoms. The lowest BCUT2D eigenvalue weighted by Gasteiger charge is -2.15. The highest BCUT2D eigenvalue weighted by atomic mass is 14.9. The molecule has 0 heterocycles. The van der Waals surface area contributed by atoms with Crippen LogP contribution in [-0.4, -0.2) is 13.1 Å². The Balaban J connectivity index is 3.76. The first kappa shape index (κ1) is 10.4. The summed E-state index contributed by atoms with van der Waals surface area (Å²) in [5.41, 5.74) is 0. The second kappa shape index (κ2) is 6.17. The van der Waals surface area contributed by atoms with Crippen molar-refractivity contribution in [3.05, 3.63) is 25.3 Å². The Morgan fingerprint density at radius 1 is 1.36 bits per heavy atom. The van der Waals surface area contributed by atoms with Crippen LogP contribution in [-0.2, 0) is 0 Å². The van der Waals surface area contributed by atoms with E-state index in [2.05, 4.69) is 25.4 Å². The van der Waals surface area contributed by atoms with E-state index in [-0.39, 0.29) is 0 Å². The van der Waals surface area contributed by atoms with E-state index in [0.717, 1.165) is 12.8 Å². The fourth-order valence-corrected chi connectivity index (χ4v) is 1.09. The molecule has 0 saturated heterocycles. The zero-order chi connectivity index (χ0) is 8.69. The normalized spacial score (nSPS) is 15.5. The molecule has 0 rings (SSSR count). The predicted molar refractivity (Wildman–Crippen MR) is 51.6 cm³/mol. The smallest absolute Gasteiger partial charge is 0.0250 e. The van der Waals surface area contributed by atoms with Crippen LogP contribution in [0.25, 0.3) is 0 Å². The van der Waals surface area contributed by atoms with Gasteiger partial charge in [0.15, 0.2) is 0 Å². The molecule has 0 aliphatic rings. The lowest BCUT2D eigenvalue weighted by molar-refractivity contribution is 0.496. The SMILES string of the molecule is C=CC(CC)CC(C=C)NC. The molecule has 1 nitrogen and oxygen atoms in total. The number of rotatable bonds is 6. The summed E-state index contributed by atoms with van der Waals surface area (Å²) in [4.78, 5) is 0. The molecule has 0 aromatic carbocycles. The van der Waals surface area contributed by atoms with Gasteiger partial charge in [-0.15, -0.1) is 13.2 Å². The van der Waals surface area contributed by atoms with Crippen molar-refractivity contribution in [3.8, 4) is 0 Å². The van der Waals surface area contributed by atoms with Gasteiger partial charge in [-0.2, -0.15) is 0 Å². The van der Waals surface area contributed by atoms with Gasteiger partial charge in [0.25, 0.3) is 0 Å². The third kappa shape index (κ3) is 3.99. The molecule has 1 heteroatoms. The summed E-state index contributed by atoms with van der Waals surface area (Å²) in [6, 6.07) is 0.429. The molecule has 0 aromatic heterocycles. The van der Waals surface area contributed by atoms with Crippen LogP contribution in [0.5, 0.6) is 0 Å². The van der Waals surface area contributed by atoms with Crippen LogP contribution in [0.2, 0.25) is 0 Å². The van der Waals surface area contributed by atoms with Gasteiger partial charge in [-0.25, -0.2) is 0 Å². The minimum absolute atomic E-state index is 0.429. The molecule has 0 aliphatic heterocycles. The minimum Gasteiger partial charge on any atom is -0.314 e. The van der Waals surface area contributed by atoms with Crippen LogP contribution in [0.3, 0.4) is 0 Å². The number of hydrogen-bond donors (Lipinski definition) is 1. The Morgan fingerprint density at radius 3 is 2.27 bits per heavy atom. The highest BCUT2D eigenvalue weighted by Crippen LogP contribution is 2.11. The Hall–Kier alpha value is -0.560. The molecule has 2 atom stereocenters.